The van der Waals surface area contributed by atoms with E-state index in [1.807, 2.05) is 6.07 Å². The van der Waals surface area contributed by atoms with Gasteiger partial charge in [-0.05, 0) is 31.2 Å². The number of hydrogen-bond acceptors (Lipinski definition) is 3. The van der Waals surface area contributed by atoms with E-state index in [4.69, 9.17) is 10.5 Å². The van der Waals surface area contributed by atoms with Crippen LogP contribution in [0.3, 0.4) is 0 Å². The zero-order chi connectivity index (χ0) is 13.5. The van der Waals surface area contributed by atoms with Crippen LogP contribution in [0, 0.1) is 0 Å². The van der Waals surface area contributed by atoms with Crippen LogP contribution in [-0.4, -0.2) is 38.3 Å². The van der Waals surface area contributed by atoms with E-state index < -0.39 is 0 Å². The number of ether oxygens (including phenoxy) is 1. The van der Waals surface area contributed by atoms with Gasteiger partial charge in [0.2, 0.25) is 0 Å². The van der Waals surface area contributed by atoms with Gasteiger partial charge in [0.05, 0.1) is 6.61 Å². The first-order valence-corrected chi connectivity index (χ1v) is 7.09. The molecule has 1 aromatic rings. The molecule has 2 unspecified atom stereocenters. The molecule has 0 aromatic heterocycles. The molecule has 0 saturated heterocycles. The molecule has 1 rings (SSSR count). The quantitative estimate of drug-likeness (QED) is 0.841. The molecule has 0 fully saturated rings. The van der Waals surface area contributed by atoms with E-state index in [-0.39, 0.29) is 12.1 Å². The first-order chi connectivity index (χ1) is 8.60. The number of rotatable bonds is 7. The summed E-state index contributed by atoms with van der Waals surface area (Å²) in [5.74, 6) is 0. The Hall–Kier alpha value is -0.420. The lowest BCUT2D eigenvalue weighted by Gasteiger charge is -2.32. The summed E-state index contributed by atoms with van der Waals surface area (Å²) in [6, 6.07) is 8.72. The van der Waals surface area contributed by atoms with Crippen LogP contribution >= 0.6 is 15.9 Å². The van der Waals surface area contributed by atoms with Gasteiger partial charge in [0.15, 0.2) is 0 Å². The van der Waals surface area contributed by atoms with E-state index in [1.165, 1.54) is 5.56 Å². The zero-order valence-electron chi connectivity index (χ0n) is 11.4. The van der Waals surface area contributed by atoms with Gasteiger partial charge < -0.3 is 10.5 Å². The van der Waals surface area contributed by atoms with Gasteiger partial charge in [0, 0.05) is 30.2 Å². The number of benzene rings is 1. The molecule has 0 radical (unpaired) electrons. The van der Waals surface area contributed by atoms with Crippen molar-refractivity contribution >= 4 is 15.9 Å². The number of hydrogen-bond donors (Lipinski definition) is 1. The molecule has 1 aromatic carbocycles. The molecule has 2 N–H and O–H groups in total. The summed E-state index contributed by atoms with van der Waals surface area (Å²) in [7, 11) is 3.82. The Labute approximate surface area is 118 Å². The number of nitrogens with two attached hydrogens (primary N) is 1. The van der Waals surface area contributed by atoms with Crippen molar-refractivity contribution < 1.29 is 4.74 Å². The smallest absolute Gasteiger partial charge is 0.0589 e. The van der Waals surface area contributed by atoms with Gasteiger partial charge in [0.1, 0.15) is 0 Å². The first kappa shape index (κ1) is 15.6. The molecule has 0 aliphatic carbocycles. The number of methoxy groups -OCH3 is 1. The Balaban J connectivity index is 2.90. The van der Waals surface area contributed by atoms with E-state index in [0.29, 0.717) is 0 Å². The van der Waals surface area contributed by atoms with Crippen LogP contribution < -0.4 is 5.73 Å². The van der Waals surface area contributed by atoms with Crippen LogP contribution in [-0.2, 0) is 4.74 Å². The third kappa shape index (κ3) is 4.35. The lowest BCUT2D eigenvalue weighted by molar-refractivity contribution is 0.128. The average Bonchev–Trinajstić information content (AvgIpc) is 2.36. The predicted octanol–water partition coefficient (Wildman–Crippen LogP) is 2.81. The molecule has 102 valence electrons. The van der Waals surface area contributed by atoms with Gasteiger partial charge >= 0.3 is 0 Å². The maximum absolute atomic E-state index is 6.27. The second-order valence-electron chi connectivity index (χ2n) is 4.55. The lowest BCUT2D eigenvalue weighted by atomic mass is 9.97. The van der Waals surface area contributed by atoms with Crippen LogP contribution in [0.15, 0.2) is 28.7 Å². The van der Waals surface area contributed by atoms with Gasteiger partial charge in [-0.3, -0.25) is 4.90 Å². The average molecular weight is 315 g/mol. The Morgan fingerprint density at radius 1 is 1.44 bits per heavy atom. The third-order valence-corrected chi connectivity index (χ3v) is 3.68. The van der Waals surface area contributed by atoms with Crippen LogP contribution in [0.25, 0.3) is 0 Å². The predicted molar refractivity (Wildman–Crippen MR) is 79.7 cm³/mol. The Kier molecular flexibility index (Phi) is 6.86. The van der Waals surface area contributed by atoms with Gasteiger partial charge in [-0.1, -0.05) is 35.0 Å². The fourth-order valence-corrected chi connectivity index (χ4v) is 2.53. The minimum atomic E-state index is 0.126. The summed E-state index contributed by atoms with van der Waals surface area (Å²) in [5.41, 5.74) is 7.52. The minimum Gasteiger partial charge on any atom is -0.383 e. The minimum absolute atomic E-state index is 0.126. The summed E-state index contributed by atoms with van der Waals surface area (Å²) in [6.45, 7) is 3.72. The van der Waals surface area contributed by atoms with Crippen LogP contribution in [0.1, 0.15) is 24.9 Å². The number of likely N-dealkylation sites (N-methyl/N-ethyl adjacent to an activating group) is 1. The Morgan fingerprint density at radius 3 is 2.72 bits per heavy atom. The van der Waals surface area contributed by atoms with E-state index in [1.54, 1.807) is 7.11 Å². The molecule has 2 atom stereocenters. The lowest BCUT2D eigenvalue weighted by Crippen LogP contribution is -2.40. The molecule has 3 nitrogen and oxygen atoms in total. The Morgan fingerprint density at radius 2 is 2.17 bits per heavy atom. The third-order valence-electron chi connectivity index (χ3n) is 3.19. The normalized spacial score (nSPS) is 14.8. The van der Waals surface area contributed by atoms with Gasteiger partial charge in [-0.25, -0.2) is 0 Å². The maximum Gasteiger partial charge on any atom is 0.0589 e. The van der Waals surface area contributed by atoms with E-state index in [9.17, 15) is 0 Å². The summed E-state index contributed by atoms with van der Waals surface area (Å²) in [4.78, 5) is 2.26. The van der Waals surface area contributed by atoms with Gasteiger partial charge in [-0.15, -0.1) is 0 Å². The molecule has 0 saturated carbocycles. The van der Waals surface area contributed by atoms with Crippen molar-refractivity contribution in [2.45, 2.75) is 25.4 Å². The van der Waals surface area contributed by atoms with Crippen molar-refractivity contribution in [1.82, 2.24) is 4.90 Å². The molecule has 0 heterocycles. The highest BCUT2D eigenvalue weighted by molar-refractivity contribution is 9.10. The molecule has 4 heteroatoms. The van der Waals surface area contributed by atoms with Crippen LogP contribution in [0.2, 0.25) is 0 Å². The highest BCUT2D eigenvalue weighted by Gasteiger charge is 2.22. The van der Waals surface area contributed by atoms with E-state index in [0.717, 1.165) is 24.0 Å². The van der Waals surface area contributed by atoms with Crippen LogP contribution in [0.4, 0.5) is 0 Å². The topological polar surface area (TPSA) is 38.5 Å². The second kappa shape index (κ2) is 7.89. The molecule has 0 spiro atoms. The van der Waals surface area contributed by atoms with Gasteiger partial charge in [0.25, 0.3) is 0 Å². The van der Waals surface area contributed by atoms with E-state index in [2.05, 4.69) is 53.0 Å². The monoisotopic (exact) mass is 314 g/mol. The molecule has 18 heavy (non-hydrogen) atoms. The molecule has 0 amide bonds. The zero-order valence-corrected chi connectivity index (χ0v) is 13.0. The first-order valence-electron chi connectivity index (χ1n) is 6.30. The van der Waals surface area contributed by atoms with Crippen molar-refractivity contribution in [2.75, 3.05) is 27.3 Å². The van der Waals surface area contributed by atoms with Crippen molar-refractivity contribution in [3.05, 3.63) is 34.3 Å². The van der Waals surface area contributed by atoms with Crippen molar-refractivity contribution in [1.29, 1.82) is 0 Å². The van der Waals surface area contributed by atoms with Gasteiger partial charge in [-0.2, -0.15) is 0 Å². The highest BCUT2D eigenvalue weighted by atomic mass is 79.9. The number of halogens is 1. The Bertz CT molecular complexity index is 359. The molecule has 0 aliphatic rings. The summed E-state index contributed by atoms with van der Waals surface area (Å²) in [5, 5.41) is 0. The number of nitrogens with zero attached hydrogens (tertiary/aromatic N) is 1. The summed E-state index contributed by atoms with van der Waals surface area (Å²) >= 11 is 3.52. The molecule has 0 aliphatic heterocycles. The van der Waals surface area contributed by atoms with Crippen molar-refractivity contribution in [3.63, 3.8) is 0 Å². The maximum atomic E-state index is 6.27. The standard InChI is InChI=1S/C14H23BrN2O/c1-4-13(16)14(17(2)8-9-18-3)11-6-5-7-12(15)10-11/h5-7,10,13-14H,4,8-9,16H2,1-3H3. The fourth-order valence-electron chi connectivity index (χ4n) is 2.12. The largest absolute Gasteiger partial charge is 0.383 e. The summed E-state index contributed by atoms with van der Waals surface area (Å²) in [6.07, 6.45) is 0.953. The van der Waals surface area contributed by atoms with Crippen molar-refractivity contribution in [2.24, 2.45) is 5.73 Å². The van der Waals surface area contributed by atoms with Crippen molar-refractivity contribution in [3.8, 4) is 0 Å². The molecular formula is C14H23BrN2O. The fraction of sp³-hybridized carbons (Fsp3) is 0.571. The molecule has 0 bridgehead atoms. The van der Waals surface area contributed by atoms with E-state index >= 15 is 0 Å². The SMILES string of the molecule is CCC(N)C(c1cccc(Br)c1)N(C)CCOC. The highest BCUT2D eigenvalue weighted by Crippen LogP contribution is 2.26. The summed E-state index contributed by atoms with van der Waals surface area (Å²) < 4.78 is 6.24. The second-order valence-corrected chi connectivity index (χ2v) is 5.46. The molecular weight excluding hydrogens is 292 g/mol. The van der Waals surface area contributed by atoms with Crippen LogP contribution in [0.5, 0.6) is 0 Å².